The van der Waals surface area contributed by atoms with Crippen molar-refractivity contribution in [2.45, 2.75) is 13.0 Å². The van der Waals surface area contributed by atoms with Crippen LogP contribution in [0.5, 0.6) is 0 Å². The average molecular weight is 252 g/mol. The monoisotopic (exact) mass is 252 g/mol. The van der Waals surface area contributed by atoms with Gasteiger partial charge in [0.25, 0.3) is 6.43 Å². The third kappa shape index (κ3) is 2.40. The highest BCUT2D eigenvalue weighted by molar-refractivity contribution is 5.24. The molecule has 2 aliphatic heterocycles. The highest BCUT2D eigenvalue weighted by atomic mass is 19.3. The number of nitrogens with one attached hydrogen (secondary N) is 1. The van der Waals surface area contributed by atoms with E-state index in [0.717, 1.165) is 50.1 Å². The molecule has 2 saturated heterocycles. The van der Waals surface area contributed by atoms with Crippen LogP contribution in [-0.2, 0) is 6.54 Å². The van der Waals surface area contributed by atoms with Crippen LogP contribution in [0.2, 0.25) is 0 Å². The Labute approximate surface area is 106 Å². The number of likely N-dealkylation sites (tertiary alicyclic amines) is 1. The molecule has 1 N–H and O–H groups in total. The molecule has 3 rings (SSSR count). The second-order valence-corrected chi connectivity index (χ2v) is 5.42. The molecular formula is C14H18F2N2. The predicted molar refractivity (Wildman–Crippen MR) is 66.5 cm³/mol. The molecule has 98 valence electrons. The largest absolute Gasteiger partial charge is 0.316 e. The van der Waals surface area contributed by atoms with E-state index in [2.05, 4.69) is 10.2 Å². The van der Waals surface area contributed by atoms with Crippen LogP contribution in [0.4, 0.5) is 8.78 Å². The average Bonchev–Trinajstić information content (AvgIpc) is 2.90. The first-order valence-electron chi connectivity index (χ1n) is 6.52. The number of hydrogen-bond donors (Lipinski definition) is 1. The molecule has 0 aliphatic carbocycles. The SMILES string of the molecule is FC(F)c1cccc(CN2CC3CNCC3C2)c1. The highest BCUT2D eigenvalue weighted by Crippen LogP contribution is 2.28. The standard InChI is InChI=1S/C14H18F2N2/c15-14(16)11-3-1-2-10(4-11)7-18-8-12-5-17-6-13(12)9-18/h1-4,12-14,17H,5-9H2. The van der Waals surface area contributed by atoms with Crippen molar-refractivity contribution in [2.24, 2.45) is 11.8 Å². The third-order valence-electron chi connectivity index (χ3n) is 4.07. The van der Waals surface area contributed by atoms with Gasteiger partial charge in [-0.05, 0) is 36.6 Å². The molecule has 0 amide bonds. The molecule has 2 unspecified atom stereocenters. The zero-order valence-electron chi connectivity index (χ0n) is 10.3. The van der Waals surface area contributed by atoms with Crippen LogP contribution in [-0.4, -0.2) is 31.1 Å². The van der Waals surface area contributed by atoms with Crippen LogP contribution in [0, 0.1) is 11.8 Å². The van der Waals surface area contributed by atoms with Gasteiger partial charge >= 0.3 is 0 Å². The van der Waals surface area contributed by atoms with E-state index >= 15 is 0 Å². The quantitative estimate of drug-likeness (QED) is 0.888. The van der Waals surface area contributed by atoms with Gasteiger partial charge in [-0.3, -0.25) is 4.90 Å². The number of fused-ring (bicyclic) bond motifs is 1. The van der Waals surface area contributed by atoms with Crippen molar-refractivity contribution >= 4 is 0 Å². The van der Waals surface area contributed by atoms with Gasteiger partial charge in [-0.25, -0.2) is 8.78 Å². The van der Waals surface area contributed by atoms with Crippen molar-refractivity contribution in [3.63, 3.8) is 0 Å². The molecule has 4 heteroatoms. The van der Waals surface area contributed by atoms with Crippen molar-refractivity contribution in [3.05, 3.63) is 35.4 Å². The van der Waals surface area contributed by atoms with Crippen LogP contribution in [0.25, 0.3) is 0 Å². The second-order valence-electron chi connectivity index (χ2n) is 5.42. The first-order chi connectivity index (χ1) is 8.72. The van der Waals surface area contributed by atoms with Gasteiger partial charge in [0, 0.05) is 25.2 Å². The molecule has 0 spiro atoms. The summed E-state index contributed by atoms with van der Waals surface area (Å²) in [5.41, 5.74) is 1.13. The Morgan fingerprint density at radius 1 is 1.22 bits per heavy atom. The van der Waals surface area contributed by atoms with E-state index in [1.54, 1.807) is 12.1 Å². The van der Waals surface area contributed by atoms with Crippen molar-refractivity contribution in [1.29, 1.82) is 0 Å². The summed E-state index contributed by atoms with van der Waals surface area (Å²) in [4.78, 5) is 2.39. The molecule has 1 aromatic rings. The number of rotatable bonds is 3. The number of alkyl halides is 2. The molecule has 0 saturated carbocycles. The molecule has 2 heterocycles. The van der Waals surface area contributed by atoms with Gasteiger partial charge in [-0.2, -0.15) is 0 Å². The fourth-order valence-electron chi connectivity index (χ4n) is 3.17. The first-order valence-corrected chi connectivity index (χ1v) is 6.52. The number of halogens is 2. The van der Waals surface area contributed by atoms with E-state index in [1.807, 2.05) is 6.07 Å². The molecule has 18 heavy (non-hydrogen) atoms. The van der Waals surface area contributed by atoms with Crippen LogP contribution >= 0.6 is 0 Å². The topological polar surface area (TPSA) is 15.3 Å². The zero-order chi connectivity index (χ0) is 12.5. The second kappa shape index (κ2) is 4.94. The Bertz CT molecular complexity index is 410. The molecule has 1 aromatic carbocycles. The molecule has 2 atom stereocenters. The highest BCUT2D eigenvalue weighted by Gasteiger charge is 2.35. The van der Waals surface area contributed by atoms with E-state index in [-0.39, 0.29) is 5.56 Å². The van der Waals surface area contributed by atoms with E-state index in [0.29, 0.717) is 0 Å². The van der Waals surface area contributed by atoms with Crippen molar-refractivity contribution in [1.82, 2.24) is 10.2 Å². The Kier molecular flexibility index (Phi) is 3.31. The predicted octanol–water partition coefficient (Wildman–Crippen LogP) is 2.28. The van der Waals surface area contributed by atoms with Gasteiger partial charge in [0.2, 0.25) is 0 Å². The minimum Gasteiger partial charge on any atom is -0.316 e. The minimum absolute atomic E-state index is 0.133. The lowest BCUT2D eigenvalue weighted by Gasteiger charge is -2.17. The maximum Gasteiger partial charge on any atom is 0.263 e. The van der Waals surface area contributed by atoms with E-state index < -0.39 is 6.43 Å². The normalized spacial score (nSPS) is 27.9. The Morgan fingerprint density at radius 3 is 2.61 bits per heavy atom. The van der Waals surface area contributed by atoms with Crippen LogP contribution in [0.15, 0.2) is 24.3 Å². The van der Waals surface area contributed by atoms with Crippen LogP contribution < -0.4 is 5.32 Å². The minimum atomic E-state index is -2.37. The Balaban J connectivity index is 1.64. The van der Waals surface area contributed by atoms with Crippen molar-refractivity contribution in [3.8, 4) is 0 Å². The van der Waals surface area contributed by atoms with Gasteiger partial charge in [0.15, 0.2) is 0 Å². The summed E-state index contributed by atoms with van der Waals surface area (Å²) in [6, 6.07) is 6.81. The van der Waals surface area contributed by atoms with Gasteiger partial charge in [0.1, 0.15) is 0 Å². The molecule has 2 nitrogen and oxygen atoms in total. The number of benzene rings is 1. The molecule has 0 bridgehead atoms. The lowest BCUT2D eigenvalue weighted by atomic mass is 10.0. The summed E-state index contributed by atoms with van der Waals surface area (Å²) >= 11 is 0. The summed E-state index contributed by atoms with van der Waals surface area (Å²) in [6.45, 7) is 5.21. The van der Waals surface area contributed by atoms with Gasteiger partial charge in [-0.15, -0.1) is 0 Å². The number of nitrogens with zero attached hydrogens (tertiary/aromatic N) is 1. The maximum absolute atomic E-state index is 12.6. The lowest BCUT2D eigenvalue weighted by Crippen LogP contribution is -2.25. The van der Waals surface area contributed by atoms with Gasteiger partial charge < -0.3 is 5.32 Å². The van der Waals surface area contributed by atoms with Crippen molar-refractivity contribution in [2.75, 3.05) is 26.2 Å². The molecule has 0 aromatic heterocycles. The van der Waals surface area contributed by atoms with Crippen LogP contribution in [0.3, 0.4) is 0 Å². The van der Waals surface area contributed by atoms with Crippen LogP contribution in [0.1, 0.15) is 17.6 Å². The van der Waals surface area contributed by atoms with Gasteiger partial charge in [0.05, 0.1) is 0 Å². The molecule has 2 aliphatic rings. The lowest BCUT2D eigenvalue weighted by molar-refractivity contribution is 0.151. The van der Waals surface area contributed by atoms with E-state index in [4.69, 9.17) is 0 Å². The summed E-state index contributed by atoms with van der Waals surface area (Å²) in [5, 5.41) is 3.41. The smallest absolute Gasteiger partial charge is 0.263 e. The van der Waals surface area contributed by atoms with Crippen molar-refractivity contribution < 1.29 is 8.78 Å². The van der Waals surface area contributed by atoms with E-state index in [1.165, 1.54) is 6.07 Å². The number of hydrogen-bond acceptors (Lipinski definition) is 2. The Morgan fingerprint density at radius 2 is 1.94 bits per heavy atom. The maximum atomic E-state index is 12.6. The molecule has 2 fully saturated rings. The third-order valence-corrected chi connectivity index (χ3v) is 4.07. The van der Waals surface area contributed by atoms with E-state index in [9.17, 15) is 8.78 Å². The fraction of sp³-hybridized carbons (Fsp3) is 0.571. The molecule has 0 radical (unpaired) electrons. The summed E-state index contributed by atoms with van der Waals surface area (Å²) in [6.07, 6.45) is -2.37. The summed E-state index contributed by atoms with van der Waals surface area (Å²) < 4.78 is 25.3. The zero-order valence-corrected chi connectivity index (χ0v) is 10.3. The molecular weight excluding hydrogens is 234 g/mol. The summed E-state index contributed by atoms with van der Waals surface area (Å²) in [7, 11) is 0. The fourth-order valence-corrected chi connectivity index (χ4v) is 3.17. The van der Waals surface area contributed by atoms with Gasteiger partial charge in [-0.1, -0.05) is 18.2 Å². The summed E-state index contributed by atoms with van der Waals surface area (Å²) in [5.74, 6) is 1.51. The Hall–Kier alpha value is -1.00. The first kappa shape index (κ1) is 12.1.